The first kappa shape index (κ1) is 30.8. The van der Waals surface area contributed by atoms with E-state index >= 15 is 0 Å². The summed E-state index contributed by atoms with van der Waals surface area (Å²) in [7, 11) is 0. The topological polar surface area (TPSA) is 177 Å². The maximum Gasteiger partial charge on any atom is 0.326 e. The molecule has 2 rings (SSSR count). The van der Waals surface area contributed by atoms with Crippen molar-refractivity contribution in [3.8, 4) is 0 Å². The highest BCUT2D eigenvalue weighted by molar-refractivity contribution is 7.80. The number of carboxylic acids is 1. The highest BCUT2D eigenvalue weighted by Crippen LogP contribution is 2.09. The van der Waals surface area contributed by atoms with Crippen molar-refractivity contribution in [2.75, 3.05) is 12.3 Å². The molecule has 0 saturated heterocycles. The van der Waals surface area contributed by atoms with E-state index < -0.39 is 47.9 Å². The summed E-state index contributed by atoms with van der Waals surface area (Å²) in [5.74, 6) is -2.86. The molecule has 0 spiro atoms. The molecule has 0 fully saturated rings. The standard InChI is InChI=1S/C27H37N5O5S/c28-14-8-7-13-21(30-24(33)20(29)17-38)25(34)31-22(15-18-9-3-1-4-10-18)26(35)32-23(27(36)37)16-19-11-5-2-6-12-19/h1-6,9-12,20-23,38H,7-8,13-17,28-29H2,(H,30,33)(H,31,34)(H,32,35)(H,36,37). The lowest BCUT2D eigenvalue weighted by atomic mass is 10.0. The molecule has 11 heteroatoms. The summed E-state index contributed by atoms with van der Waals surface area (Å²) in [6, 6.07) is 13.8. The first-order chi connectivity index (χ1) is 18.2. The molecule has 4 unspecified atom stereocenters. The zero-order valence-corrected chi connectivity index (χ0v) is 22.1. The minimum atomic E-state index is -1.20. The highest BCUT2D eigenvalue weighted by Gasteiger charge is 2.30. The molecule has 0 saturated carbocycles. The number of benzene rings is 2. The second-order valence-electron chi connectivity index (χ2n) is 8.97. The molecule has 3 amide bonds. The molecule has 2 aromatic carbocycles. The summed E-state index contributed by atoms with van der Waals surface area (Å²) < 4.78 is 0. The van der Waals surface area contributed by atoms with Crippen molar-refractivity contribution >= 4 is 36.3 Å². The molecule has 38 heavy (non-hydrogen) atoms. The van der Waals surface area contributed by atoms with Crippen molar-refractivity contribution in [2.45, 2.75) is 56.3 Å². The molecule has 4 atom stereocenters. The Morgan fingerprint density at radius 3 is 1.71 bits per heavy atom. The van der Waals surface area contributed by atoms with Gasteiger partial charge < -0.3 is 32.5 Å². The number of unbranched alkanes of at least 4 members (excludes halogenated alkanes) is 1. The van der Waals surface area contributed by atoms with Gasteiger partial charge >= 0.3 is 5.97 Å². The molecule has 0 radical (unpaired) electrons. The number of nitrogens with one attached hydrogen (secondary N) is 3. The van der Waals surface area contributed by atoms with Gasteiger partial charge in [-0.25, -0.2) is 4.79 Å². The minimum absolute atomic E-state index is 0.0767. The van der Waals surface area contributed by atoms with Crippen LogP contribution in [0.2, 0.25) is 0 Å². The number of hydrogen-bond acceptors (Lipinski definition) is 7. The molecule has 10 nitrogen and oxygen atoms in total. The fourth-order valence-corrected chi connectivity index (χ4v) is 3.94. The lowest BCUT2D eigenvalue weighted by Gasteiger charge is -2.25. The lowest BCUT2D eigenvalue weighted by molar-refractivity contribution is -0.142. The molecule has 0 aliphatic heterocycles. The fraction of sp³-hybridized carbons (Fsp3) is 0.407. The SMILES string of the molecule is NCCCCC(NC(=O)C(N)CS)C(=O)NC(Cc1ccccc1)C(=O)NC(Cc1ccccc1)C(=O)O. The van der Waals surface area contributed by atoms with Crippen LogP contribution >= 0.6 is 12.6 Å². The first-order valence-corrected chi connectivity index (χ1v) is 13.2. The van der Waals surface area contributed by atoms with Gasteiger partial charge in [-0.15, -0.1) is 0 Å². The fourth-order valence-electron chi connectivity index (χ4n) is 3.78. The van der Waals surface area contributed by atoms with E-state index in [1.165, 1.54) is 0 Å². The third-order valence-electron chi connectivity index (χ3n) is 5.93. The number of carbonyl (C=O) groups excluding carboxylic acids is 3. The summed E-state index contributed by atoms with van der Waals surface area (Å²) in [6.45, 7) is 0.426. The van der Waals surface area contributed by atoms with E-state index in [9.17, 15) is 24.3 Å². The molecule has 206 valence electrons. The second-order valence-corrected chi connectivity index (χ2v) is 9.34. The van der Waals surface area contributed by atoms with Crippen LogP contribution in [0.25, 0.3) is 0 Å². The summed E-state index contributed by atoms with van der Waals surface area (Å²) in [4.78, 5) is 50.9. The van der Waals surface area contributed by atoms with Crippen LogP contribution in [0.3, 0.4) is 0 Å². The van der Waals surface area contributed by atoms with Gasteiger partial charge in [0.15, 0.2) is 0 Å². The smallest absolute Gasteiger partial charge is 0.326 e. The van der Waals surface area contributed by atoms with Gasteiger partial charge in [-0.05, 0) is 36.9 Å². The number of carboxylic acid groups (broad SMARTS) is 1. The van der Waals surface area contributed by atoms with E-state index in [4.69, 9.17) is 11.5 Å². The largest absolute Gasteiger partial charge is 0.480 e. The molecule has 0 heterocycles. The Morgan fingerprint density at radius 2 is 1.21 bits per heavy atom. The highest BCUT2D eigenvalue weighted by atomic mass is 32.1. The van der Waals surface area contributed by atoms with Crippen molar-refractivity contribution in [1.29, 1.82) is 0 Å². The van der Waals surface area contributed by atoms with Crippen molar-refractivity contribution in [3.63, 3.8) is 0 Å². The molecule has 0 aromatic heterocycles. The van der Waals surface area contributed by atoms with Crippen LogP contribution in [-0.2, 0) is 32.0 Å². The van der Waals surface area contributed by atoms with Gasteiger partial charge in [0.1, 0.15) is 18.1 Å². The maximum atomic E-state index is 13.3. The number of thiol groups is 1. The number of hydrogen-bond donors (Lipinski definition) is 7. The second kappa shape index (κ2) is 16.4. The molecular formula is C27H37N5O5S. The van der Waals surface area contributed by atoms with Gasteiger partial charge in [-0.2, -0.15) is 12.6 Å². The molecule has 8 N–H and O–H groups in total. The van der Waals surface area contributed by atoms with Crippen LogP contribution in [0.15, 0.2) is 60.7 Å². The van der Waals surface area contributed by atoms with Crippen molar-refractivity contribution in [1.82, 2.24) is 16.0 Å². The summed E-state index contributed by atoms with van der Waals surface area (Å²) in [5.41, 5.74) is 12.8. The number of amides is 3. The molecule has 2 aromatic rings. The zero-order chi connectivity index (χ0) is 27.9. The van der Waals surface area contributed by atoms with Gasteiger partial charge in [-0.1, -0.05) is 60.7 Å². The van der Waals surface area contributed by atoms with E-state index in [1.54, 1.807) is 48.5 Å². The number of carbonyl (C=O) groups is 4. The van der Waals surface area contributed by atoms with E-state index in [0.717, 1.165) is 11.1 Å². The quantitative estimate of drug-likeness (QED) is 0.118. The zero-order valence-electron chi connectivity index (χ0n) is 21.2. The van der Waals surface area contributed by atoms with Crippen molar-refractivity contribution in [3.05, 3.63) is 71.8 Å². The van der Waals surface area contributed by atoms with Crippen LogP contribution in [0, 0.1) is 0 Å². The van der Waals surface area contributed by atoms with E-state index in [-0.39, 0.29) is 18.6 Å². The van der Waals surface area contributed by atoms with Crippen LogP contribution in [0.5, 0.6) is 0 Å². The van der Waals surface area contributed by atoms with Gasteiger partial charge in [0.05, 0.1) is 6.04 Å². The third kappa shape index (κ3) is 10.5. The Hall–Kier alpha value is -3.41. The lowest BCUT2D eigenvalue weighted by Crippen LogP contribution is -2.58. The van der Waals surface area contributed by atoms with Crippen molar-refractivity contribution < 1.29 is 24.3 Å². The van der Waals surface area contributed by atoms with Crippen molar-refractivity contribution in [2.24, 2.45) is 11.5 Å². The third-order valence-corrected chi connectivity index (χ3v) is 6.32. The number of aliphatic carboxylic acids is 1. The summed E-state index contributed by atoms with van der Waals surface area (Å²) >= 11 is 4.03. The van der Waals surface area contributed by atoms with E-state index in [2.05, 4.69) is 28.6 Å². The van der Waals surface area contributed by atoms with Gasteiger partial charge in [0.25, 0.3) is 0 Å². The molecule has 0 bridgehead atoms. The Kier molecular flexibility index (Phi) is 13.3. The predicted molar refractivity (Wildman–Crippen MR) is 148 cm³/mol. The monoisotopic (exact) mass is 543 g/mol. The molecular weight excluding hydrogens is 506 g/mol. The van der Waals surface area contributed by atoms with Crippen LogP contribution < -0.4 is 27.4 Å². The van der Waals surface area contributed by atoms with Crippen LogP contribution in [-0.4, -0.2) is 65.3 Å². The van der Waals surface area contributed by atoms with Gasteiger partial charge in [0.2, 0.25) is 17.7 Å². The van der Waals surface area contributed by atoms with Gasteiger partial charge in [0, 0.05) is 18.6 Å². The van der Waals surface area contributed by atoms with E-state index in [1.807, 2.05) is 12.1 Å². The Balaban J connectivity index is 2.23. The normalized spacial score (nSPS) is 14.0. The van der Waals surface area contributed by atoms with Gasteiger partial charge in [-0.3, -0.25) is 14.4 Å². The number of rotatable bonds is 16. The average Bonchev–Trinajstić information content (AvgIpc) is 2.92. The summed E-state index contributed by atoms with van der Waals surface area (Å²) in [5, 5.41) is 17.7. The minimum Gasteiger partial charge on any atom is -0.480 e. The predicted octanol–water partition coefficient (Wildman–Crippen LogP) is 0.397. The van der Waals surface area contributed by atoms with Crippen LogP contribution in [0.1, 0.15) is 30.4 Å². The Morgan fingerprint density at radius 1 is 0.737 bits per heavy atom. The first-order valence-electron chi connectivity index (χ1n) is 12.5. The average molecular weight is 544 g/mol. The number of nitrogens with two attached hydrogens (primary N) is 2. The summed E-state index contributed by atoms with van der Waals surface area (Å²) in [6.07, 6.45) is 1.70. The molecule has 0 aliphatic rings. The van der Waals surface area contributed by atoms with E-state index in [0.29, 0.717) is 25.8 Å². The Labute approximate surface area is 228 Å². The molecule has 0 aliphatic carbocycles. The van der Waals surface area contributed by atoms with Crippen LogP contribution in [0.4, 0.5) is 0 Å². The maximum absolute atomic E-state index is 13.3. The Bertz CT molecular complexity index is 1040.